The molecule has 0 unspecified atom stereocenters. The molecule has 0 atom stereocenters. The summed E-state index contributed by atoms with van der Waals surface area (Å²) in [4.78, 5) is 24.3. The second kappa shape index (κ2) is 11.6. The lowest BCUT2D eigenvalue weighted by Crippen LogP contribution is -2.37. The number of ether oxygens (including phenoxy) is 3. The summed E-state index contributed by atoms with van der Waals surface area (Å²) in [5, 5.41) is 8.35. The van der Waals surface area contributed by atoms with E-state index in [1.165, 1.54) is 0 Å². The lowest BCUT2D eigenvalue weighted by atomic mass is 10.0. The third-order valence-corrected chi connectivity index (χ3v) is 9.87. The van der Waals surface area contributed by atoms with E-state index in [1.807, 2.05) is 42.2 Å². The Morgan fingerprint density at radius 2 is 1.74 bits per heavy atom. The van der Waals surface area contributed by atoms with Gasteiger partial charge in [0.1, 0.15) is 37.3 Å². The zero-order valence-electron chi connectivity index (χ0n) is 26.3. The number of anilines is 5. The topological polar surface area (TPSA) is 144 Å². The SMILES string of the molecule is Cn1ccc(-c2cc(N3CCOCC3)c3c(c2Nc2nc(Nc4ccc5nccnc5c4P(C)(C)=O)c4cc[nH]c4n2)OCCO3)c1. The van der Waals surface area contributed by atoms with Crippen molar-refractivity contribution >= 4 is 63.3 Å². The van der Waals surface area contributed by atoms with Gasteiger partial charge in [0.05, 0.1) is 46.5 Å². The van der Waals surface area contributed by atoms with Crippen LogP contribution in [0, 0.1) is 0 Å². The van der Waals surface area contributed by atoms with E-state index in [0.717, 1.165) is 35.3 Å². The van der Waals surface area contributed by atoms with Gasteiger partial charge < -0.3 is 43.9 Å². The number of hydrogen-bond donors (Lipinski definition) is 3. The van der Waals surface area contributed by atoms with E-state index >= 15 is 0 Å². The van der Waals surface area contributed by atoms with Gasteiger partial charge in [0.15, 0.2) is 11.5 Å². The van der Waals surface area contributed by atoms with Gasteiger partial charge in [-0.25, -0.2) is 0 Å². The molecule has 1 saturated heterocycles. The molecule has 8 rings (SSSR count). The largest absolute Gasteiger partial charge is 0.484 e. The van der Waals surface area contributed by atoms with Crippen molar-refractivity contribution in [1.29, 1.82) is 0 Å². The number of aromatic amines is 1. The molecule has 0 bridgehead atoms. The van der Waals surface area contributed by atoms with Gasteiger partial charge in [0.2, 0.25) is 5.95 Å². The molecule has 2 aromatic carbocycles. The fourth-order valence-corrected chi connectivity index (χ4v) is 7.64. The van der Waals surface area contributed by atoms with Gasteiger partial charge in [0.25, 0.3) is 0 Å². The Balaban J connectivity index is 1.26. The molecule has 240 valence electrons. The van der Waals surface area contributed by atoms with E-state index in [2.05, 4.69) is 48.8 Å². The number of nitrogens with zero attached hydrogens (tertiary/aromatic N) is 6. The van der Waals surface area contributed by atoms with E-state index in [4.69, 9.17) is 24.2 Å². The van der Waals surface area contributed by atoms with Crippen molar-refractivity contribution in [2.75, 3.05) is 68.4 Å². The monoisotopic (exact) mass is 651 g/mol. The van der Waals surface area contributed by atoms with E-state index in [1.54, 1.807) is 25.7 Å². The minimum absolute atomic E-state index is 0.341. The molecule has 3 N–H and O–H groups in total. The molecule has 2 aliphatic heterocycles. The van der Waals surface area contributed by atoms with Gasteiger partial charge in [-0.2, -0.15) is 9.97 Å². The van der Waals surface area contributed by atoms with Gasteiger partial charge in [-0.05, 0) is 43.7 Å². The molecule has 2 aliphatic rings. The summed E-state index contributed by atoms with van der Waals surface area (Å²) in [6.07, 6.45) is 9.14. The van der Waals surface area contributed by atoms with Crippen LogP contribution in [0.5, 0.6) is 11.5 Å². The fourth-order valence-electron chi connectivity index (χ4n) is 6.24. The Kier molecular flexibility index (Phi) is 7.22. The van der Waals surface area contributed by atoms with Gasteiger partial charge in [-0.15, -0.1) is 0 Å². The van der Waals surface area contributed by atoms with E-state index < -0.39 is 7.14 Å². The summed E-state index contributed by atoms with van der Waals surface area (Å²) in [6, 6.07) is 9.86. The van der Waals surface area contributed by atoms with Crippen LogP contribution in [0.2, 0.25) is 0 Å². The van der Waals surface area contributed by atoms with E-state index in [-0.39, 0.29) is 0 Å². The van der Waals surface area contributed by atoms with Crippen LogP contribution in [0.1, 0.15) is 0 Å². The first-order valence-electron chi connectivity index (χ1n) is 15.4. The third-order valence-electron chi connectivity index (χ3n) is 8.35. The lowest BCUT2D eigenvalue weighted by Gasteiger charge is -2.33. The third kappa shape index (κ3) is 5.41. The van der Waals surface area contributed by atoms with Crippen LogP contribution in [0.3, 0.4) is 0 Å². The highest BCUT2D eigenvalue weighted by atomic mass is 31.2. The summed E-state index contributed by atoms with van der Waals surface area (Å²) in [7, 11) is -0.799. The maximum Gasteiger partial charge on any atom is 0.231 e. The number of rotatable bonds is 7. The minimum Gasteiger partial charge on any atom is -0.484 e. The molecule has 0 radical (unpaired) electrons. The first-order valence-corrected chi connectivity index (χ1v) is 18.0. The molecule has 6 heterocycles. The van der Waals surface area contributed by atoms with Gasteiger partial charge >= 0.3 is 0 Å². The van der Waals surface area contributed by atoms with Crippen LogP contribution in [0.25, 0.3) is 33.2 Å². The summed E-state index contributed by atoms with van der Waals surface area (Å²) < 4.78 is 33.9. The predicted molar refractivity (Wildman–Crippen MR) is 184 cm³/mol. The van der Waals surface area contributed by atoms with Crippen LogP contribution in [0.15, 0.2) is 61.3 Å². The Hall–Kier alpha value is -5.13. The Bertz CT molecular complexity index is 2180. The van der Waals surface area contributed by atoms with Crippen LogP contribution < -0.4 is 30.3 Å². The number of fused-ring (bicyclic) bond motifs is 3. The molecule has 0 spiro atoms. The second-order valence-corrected chi connectivity index (χ2v) is 15.1. The Morgan fingerprint density at radius 3 is 2.53 bits per heavy atom. The van der Waals surface area contributed by atoms with E-state index in [9.17, 15) is 4.57 Å². The van der Waals surface area contributed by atoms with Crippen LogP contribution in [0.4, 0.5) is 28.8 Å². The van der Waals surface area contributed by atoms with Crippen molar-refractivity contribution in [3.8, 4) is 22.6 Å². The second-order valence-electron chi connectivity index (χ2n) is 12.0. The molecule has 0 saturated carbocycles. The number of benzene rings is 2. The summed E-state index contributed by atoms with van der Waals surface area (Å²) in [5.74, 6) is 2.17. The molecule has 13 nitrogen and oxygen atoms in total. The summed E-state index contributed by atoms with van der Waals surface area (Å²) >= 11 is 0. The molecule has 0 aliphatic carbocycles. The maximum absolute atomic E-state index is 13.6. The van der Waals surface area contributed by atoms with Crippen molar-refractivity contribution in [2.24, 2.45) is 7.05 Å². The van der Waals surface area contributed by atoms with Crippen molar-refractivity contribution in [3.63, 3.8) is 0 Å². The van der Waals surface area contributed by atoms with Crippen LogP contribution >= 0.6 is 7.14 Å². The summed E-state index contributed by atoms with van der Waals surface area (Å²) in [5.41, 5.74) is 6.14. The van der Waals surface area contributed by atoms with Crippen molar-refractivity contribution in [3.05, 3.63) is 61.3 Å². The van der Waals surface area contributed by atoms with Gasteiger partial charge in [-0.3, -0.25) is 9.97 Å². The molecule has 14 heteroatoms. The van der Waals surface area contributed by atoms with Gasteiger partial charge in [0, 0.05) is 62.2 Å². The number of H-pyrrole nitrogens is 1. The van der Waals surface area contributed by atoms with Crippen LogP contribution in [-0.2, 0) is 16.3 Å². The predicted octanol–water partition coefficient (Wildman–Crippen LogP) is 5.25. The molecular weight excluding hydrogens is 617 g/mol. The number of hydrogen-bond acceptors (Lipinski definition) is 11. The quantitative estimate of drug-likeness (QED) is 0.195. The van der Waals surface area contributed by atoms with Crippen molar-refractivity contribution < 1.29 is 18.8 Å². The van der Waals surface area contributed by atoms with Gasteiger partial charge in [-0.1, -0.05) is 0 Å². The van der Waals surface area contributed by atoms with E-state index in [0.29, 0.717) is 83.1 Å². The smallest absolute Gasteiger partial charge is 0.231 e. The van der Waals surface area contributed by atoms with Crippen LogP contribution in [-0.4, -0.2) is 82.3 Å². The zero-order chi connectivity index (χ0) is 32.1. The summed E-state index contributed by atoms with van der Waals surface area (Å²) in [6.45, 7) is 7.12. The molecular formula is C33H34N9O4P. The first kappa shape index (κ1) is 29.3. The molecule has 6 aromatic rings. The average Bonchev–Trinajstić information content (AvgIpc) is 3.74. The standard InChI is InChI=1S/C33H34N9O4P/c1-41-11-7-20(19-41)22-18-25(42-12-14-44-15-13-42)28-29(46-17-16-45-28)26(22)38-33-39-31-21(6-8-36-31)32(40-33)37-24-5-4-23-27(35-10-9-34-23)30(24)47(2,3)43/h4-11,18-19H,12-17H2,1-3H3,(H3,36,37,38,39,40). The van der Waals surface area contributed by atoms with Crippen molar-refractivity contribution in [1.82, 2.24) is 29.5 Å². The highest BCUT2D eigenvalue weighted by molar-refractivity contribution is 7.71. The fraction of sp³-hybridized carbons (Fsp3) is 0.273. The lowest BCUT2D eigenvalue weighted by molar-refractivity contribution is 0.121. The first-order chi connectivity index (χ1) is 22.8. The number of morpholine rings is 1. The highest BCUT2D eigenvalue weighted by Gasteiger charge is 2.29. The number of aromatic nitrogens is 6. The molecule has 47 heavy (non-hydrogen) atoms. The zero-order valence-corrected chi connectivity index (χ0v) is 27.2. The maximum atomic E-state index is 13.6. The number of nitrogens with one attached hydrogen (secondary N) is 3. The number of aryl methyl sites for hydroxylation is 1. The molecule has 4 aromatic heterocycles. The Labute approximate surface area is 270 Å². The minimum atomic E-state index is -2.80. The van der Waals surface area contributed by atoms with Crippen molar-refractivity contribution in [2.45, 2.75) is 0 Å². The molecule has 0 amide bonds. The highest BCUT2D eigenvalue weighted by Crippen LogP contribution is 2.51. The normalized spacial score (nSPS) is 14.9. The Morgan fingerprint density at radius 1 is 0.936 bits per heavy atom. The average molecular weight is 652 g/mol. The molecule has 1 fully saturated rings.